The summed E-state index contributed by atoms with van der Waals surface area (Å²) in [4.78, 5) is 16.7. The third-order valence-corrected chi connectivity index (χ3v) is 6.14. The molecule has 2 aliphatic rings. The summed E-state index contributed by atoms with van der Waals surface area (Å²) >= 11 is 0. The van der Waals surface area contributed by atoms with Gasteiger partial charge in [0, 0.05) is 57.9 Å². The fraction of sp³-hybridized carbons (Fsp3) is 0.500. The minimum absolute atomic E-state index is 0. The monoisotopic (exact) mass is 534 g/mol. The first-order valence-corrected chi connectivity index (χ1v) is 11.2. The summed E-state index contributed by atoms with van der Waals surface area (Å²) in [7, 11) is 2.18. The van der Waals surface area contributed by atoms with Crippen molar-refractivity contribution in [3.8, 4) is 0 Å². The highest BCUT2D eigenvalue weighted by molar-refractivity contribution is 14.0. The third-order valence-electron chi connectivity index (χ3n) is 6.14. The van der Waals surface area contributed by atoms with Crippen LogP contribution in [-0.2, 0) is 6.54 Å². The lowest BCUT2D eigenvalue weighted by Gasteiger charge is -2.33. The molecule has 2 saturated heterocycles. The zero-order chi connectivity index (χ0) is 20.8. The van der Waals surface area contributed by atoms with Crippen LogP contribution >= 0.6 is 24.0 Å². The first-order chi connectivity index (χ1) is 14.7. The van der Waals surface area contributed by atoms with Crippen LogP contribution in [0.4, 0.5) is 5.82 Å². The number of hydrogen-bond donors (Lipinski definition) is 1. The van der Waals surface area contributed by atoms with Gasteiger partial charge in [0.2, 0.25) is 0 Å². The normalized spacial score (nSPS) is 19.9. The average molecular weight is 534 g/mol. The molecule has 4 rings (SSSR count). The number of pyridine rings is 1. The smallest absolute Gasteiger partial charge is 0.194 e. The van der Waals surface area contributed by atoms with Crippen molar-refractivity contribution < 1.29 is 0 Å². The number of guanidine groups is 1. The van der Waals surface area contributed by atoms with E-state index in [0.29, 0.717) is 12.5 Å². The van der Waals surface area contributed by atoms with Crippen molar-refractivity contribution in [1.29, 1.82) is 0 Å². The summed E-state index contributed by atoms with van der Waals surface area (Å²) < 4.78 is 0. The summed E-state index contributed by atoms with van der Waals surface area (Å²) in [6.45, 7) is 10.0. The van der Waals surface area contributed by atoms with Crippen molar-refractivity contribution in [3.05, 3.63) is 59.8 Å². The van der Waals surface area contributed by atoms with Gasteiger partial charge in [0.25, 0.3) is 0 Å². The molecule has 6 nitrogen and oxygen atoms in total. The van der Waals surface area contributed by atoms with E-state index in [4.69, 9.17) is 4.99 Å². The highest BCUT2D eigenvalue weighted by atomic mass is 127. The van der Waals surface area contributed by atoms with Gasteiger partial charge in [-0.3, -0.25) is 0 Å². The van der Waals surface area contributed by atoms with Gasteiger partial charge in [0.05, 0.1) is 6.54 Å². The number of anilines is 1. The summed E-state index contributed by atoms with van der Waals surface area (Å²) in [6.07, 6.45) is 3.10. The summed E-state index contributed by atoms with van der Waals surface area (Å²) in [6, 6.07) is 15.1. The Balaban J connectivity index is 0.00000272. The van der Waals surface area contributed by atoms with E-state index in [2.05, 4.69) is 81.4 Å². The van der Waals surface area contributed by atoms with Crippen molar-refractivity contribution in [2.24, 2.45) is 4.99 Å². The molecular formula is C24H35IN6. The summed E-state index contributed by atoms with van der Waals surface area (Å²) in [5, 5.41) is 3.49. The molecule has 2 fully saturated rings. The number of rotatable bonds is 5. The number of halogens is 1. The Kier molecular flexibility index (Phi) is 8.95. The molecule has 7 heteroatoms. The van der Waals surface area contributed by atoms with Crippen LogP contribution in [0, 0.1) is 0 Å². The highest BCUT2D eigenvalue weighted by Crippen LogP contribution is 2.27. The van der Waals surface area contributed by atoms with Gasteiger partial charge in [-0.05, 0) is 43.7 Å². The van der Waals surface area contributed by atoms with E-state index in [1.54, 1.807) is 0 Å². The number of hydrogen-bond acceptors (Lipinski definition) is 4. The van der Waals surface area contributed by atoms with Gasteiger partial charge in [0.1, 0.15) is 5.82 Å². The molecule has 1 unspecified atom stereocenters. The number of aromatic nitrogens is 1. The predicted molar refractivity (Wildman–Crippen MR) is 140 cm³/mol. The number of benzene rings is 1. The minimum atomic E-state index is 0. The quantitative estimate of drug-likeness (QED) is 0.362. The molecule has 31 heavy (non-hydrogen) atoms. The van der Waals surface area contributed by atoms with Crippen LogP contribution in [0.25, 0.3) is 0 Å². The van der Waals surface area contributed by atoms with Crippen molar-refractivity contribution in [3.63, 3.8) is 0 Å². The van der Waals surface area contributed by atoms with E-state index < -0.39 is 0 Å². The summed E-state index contributed by atoms with van der Waals surface area (Å²) in [5.74, 6) is 2.68. The Morgan fingerprint density at radius 3 is 2.61 bits per heavy atom. The number of likely N-dealkylation sites (tertiary alicyclic amines) is 1. The molecule has 168 valence electrons. The van der Waals surface area contributed by atoms with E-state index in [-0.39, 0.29) is 24.0 Å². The van der Waals surface area contributed by atoms with Crippen LogP contribution < -0.4 is 10.2 Å². The minimum Gasteiger partial charge on any atom is -0.357 e. The maximum atomic E-state index is 4.97. The molecule has 1 aromatic heterocycles. The lowest BCUT2D eigenvalue weighted by Crippen LogP contribution is -2.44. The second-order valence-corrected chi connectivity index (χ2v) is 8.33. The van der Waals surface area contributed by atoms with Gasteiger partial charge >= 0.3 is 0 Å². The van der Waals surface area contributed by atoms with E-state index in [0.717, 1.165) is 57.6 Å². The van der Waals surface area contributed by atoms with Gasteiger partial charge in [-0.2, -0.15) is 0 Å². The molecule has 0 aliphatic carbocycles. The van der Waals surface area contributed by atoms with Crippen LogP contribution in [0.2, 0.25) is 0 Å². The third kappa shape index (κ3) is 6.32. The number of likely N-dealkylation sites (N-methyl/N-ethyl adjacent to an activating group) is 1. The molecular weight excluding hydrogens is 499 g/mol. The zero-order valence-electron chi connectivity index (χ0n) is 18.7. The van der Waals surface area contributed by atoms with Gasteiger partial charge in [0.15, 0.2) is 5.96 Å². The molecule has 0 bridgehead atoms. The standard InChI is InChI=1S/C24H34N6.HI/c1-3-25-24(30-12-10-22(19-30)21-7-5-4-6-8-21)27-18-20-9-11-26-23(17-20)29-15-13-28(2)14-16-29;/h4-9,11,17,22H,3,10,12-16,18-19H2,1-2H3,(H,25,27);1H. The Morgan fingerprint density at radius 1 is 1.10 bits per heavy atom. The Bertz CT molecular complexity index is 835. The van der Waals surface area contributed by atoms with Crippen molar-refractivity contribution in [2.45, 2.75) is 25.8 Å². The van der Waals surface area contributed by atoms with Crippen LogP contribution in [0.15, 0.2) is 53.7 Å². The van der Waals surface area contributed by atoms with Crippen LogP contribution in [-0.4, -0.2) is 73.6 Å². The van der Waals surface area contributed by atoms with Crippen LogP contribution in [0.3, 0.4) is 0 Å². The van der Waals surface area contributed by atoms with Crippen LogP contribution in [0.5, 0.6) is 0 Å². The van der Waals surface area contributed by atoms with Gasteiger partial charge in [-0.15, -0.1) is 24.0 Å². The lowest BCUT2D eigenvalue weighted by molar-refractivity contribution is 0.312. The molecule has 0 amide bonds. The average Bonchev–Trinajstić information content (AvgIpc) is 3.28. The van der Waals surface area contributed by atoms with E-state index >= 15 is 0 Å². The van der Waals surface area contributed by atoms with Gasteiger partial charge < -0.3 is 20.0 Å². The maximum Gasteiger partial charge on any atom is 0.194 e. The summed E-state index contributed by atoms with van der Waals surface area (Å²) in [5.41, 5.74) is 2.65. The molecule has 0 spiro atoms. The maximum absolute atomic E-state index is 4.97. The second-order valence-electron chi connectivity index (χ2n) is 8.33. The Hall–Kier alpha value is -1.87. The molecule has 1 atom stereocenters. The first-order valence-electron chi connectivity index (χ1n) is 11.2. The number of nitrogens with zero attached hydrogens (tertiary/aromatic N) is 5. The second kappa shape index (κ2) is 11.7. The largest absolute Gasteiger partial charge is 0.357 e. The zero-order valence-corrected chi connectivity index (χ0v) is 21.0. The molecule has 0 radical (unpaired) electrons. The molecule has 2 aromatic rings. The number of piperazine rings is 1. The SMILES string of the molecule is CCNC(=NCc1ccnc(N2CCN(C)CC2)c1)N1CCC(c2ccccc2)C1.I. The van der Waals surface area contributed by atoms with Crippen LogP contribution in [0.1, 0.15) is 30.4 Å². The molecule has 1 aromatic carbocycles. The fourth-order valence-corrected chi connectivity index (χ4v) is 4.31. The molecule has 1 N–H and O–H groups in total. The van der Waals surface area contributed by atoms with E-state index in [1.165, 1.54) is 17.5 Å². The topological polar surface area (TPSA) is 47.0 Å². The van der Waals surface area contributed by atoms with Crippen molar-refractivity contribution in [1.82, 2.24) is 20.1 Å². The lowest BCUT2D eigenvalue weighted by atomic mass is 9.99. The van der Waals surface area contributed by atoms with Crippen molar-refractivity contribution in [2.75, 3.05) is 57.8 Å². The first kappa shape index (κ1) is 23.8. The van der Waals surface area contributed by atoms with E-state index in [1.807, 2.05) is 6.20 Å². The Labute approximate surface area is 203 Å². The number of nitrogens with one attached hydrogen (secondary N) is 1. The Morgan fingerprint density at radius 2 is 1.87 bits per heavy atom. The fourth-order valence-electron chi connectivity index (χ4n) is 4.31. The predicted octanol–water partition coefficient (Wildman–Crippen LogP) is 3.41. The highest BCUT2D eigenvalue weighted by Gasteiger charge is 2.26. The van der Waals surface area contributed by atoms with Crippen molar-refractivity contribution >= 4 is 35.8 Å². The van der Waals surface area contributed by atoms with Gasteiger partial charge in [-0.1, -0.05) is 30.3 Å². The number of aliphatic imine (C=N–C) groups is 1. The van der Waals surface area contributed by atoms with E-state index in [9.17, 15) is 0 Å². The molecule has 3 heterocycles. The van der Waals surface area contributed by atoms with Gasteiger partial charge in [-0.25, -0.2) is 9.98 Å². The molecule has 0 saturated carbocycles. The molecule has 2 aliphatic heterocycles.